The Morgan fingerprint density at radius 3 is 2.55 bits per heavy atom. The molecule has 0 spiro atoms. The summed E-state index contributed by atoms with van der Waals surface area (Å²) < 4.78 is 0. The SMILES string of the molecule is C[SiH2]CCCN1CCCCC1. The van der Waals surface area contributed by atoms with Crippen LogP contribution in [0, 0.1) is 0 Å². The lowest BCUT2D eigenvalue weighted by Crippen LogP contribution is -2.30. The van der Waals surface area contributed by atoms with Gasteiger partial charge in [0.1, 0.15) is 0 Å². The molecule has 0 aliphatic carbocycles. The van der Waals surface area contributed by atoms with Crippen LogP contribution in [0.2, 0.25) is 12.6 Å². The summed E-state index contributed by atoms with van der Waals surface area (Å²) in [5.74, 6) is 0. The summed E-state index contributed by atoms with van der Waals surface area (Å²) in [5.41, 5.74) is 0. The third-order valence-electron chi connectivity index (χ3n) is 2.53. The fourth-order valence-corrected chi connectivity index (χ4v) is 2.49. The minimum Gasteiger partial charge on any atom is -0.303 e. The third kappa shape index (κ3) is 3.92. The molecule has 11 heavy (non-hydrogen) atoms. The quantitative estimate of drug-likeness (QED) is 0.458. The van der Waals surface area contributed by atoms with Gasteiger partial charge in [-0.2, -0.15) is 0 Å². The van der Waals surface area contributed by atoms with Crippen LogP contribution in [-0.2, 0) is 0 Å². The van der Waals surface area contributed by atoms with Gasteiger partial charge in [0.15, 0.2) is 0 Å². The van der Waals surface area contributed by atoms with E-state index in [9.17, 15) is 0 Å². The zero-order valence-electron chi connectivity index (χ0n) is 7.81. The molecule has 0 atom stereocenters. The second kappa shape index (κ2) is 5.78. The van der Waals surface area contributed by atoms with Gasteiger partial charge in [-0.1, -0.05) is 19.0 Å². The van der Waals surface area contributed by atoms with E-state index in [4.69, 9.17) is 0 Å². The van der Waals surface area contributed by atoms with E-state index in [2.05, 4.69) is 11.4 Å². The van der Waals surface area contributed by atoms with Gasteiger partial charge < -0.3 is 4.90 Å². The van der Waals surface area contributed by atoms with Crippen LogP contribution in [0.5, 0.6) is 0 Å². The lowest BCUT2D eigenvalue weighted by molar-refractivity contribution is 0.229. The summed E-state index contributed by atoms with van der Waals surface area (Å²) in [6.45, 7) is 6.56. The van der Waals surface area contributed by atoms with Gasteiger partial charge in [-0.25, -0.2) is 0 Å². The second-order valence-electron chi connectivity index (χ2n) is 3.61. The monoisotopic (exact) mass is 171 g/mol. The van der Waals surface area contributed by atoms with E-state index in [-0.39, 0.29) is 0 Å². The van der Waals surface area contributed by atoms with Crippen molar-refractivity contribution in [3.63, 3.8) is 0 Å². The summed E-state index contributed by atoms with van der Waals surface area (Å²) in [6.07, 6.45) is 5.84. The molecule has 1 fully saturated rings. The van der Waals surface area contributed by atoms with Crippen molar-refractivity contribution in [2.24, 2.45) is 0 Å². The topological polar surface area (TPSA) is 3.24 Å². The lowest BCUT2D eigenvalue weighted by atomic mass is 10.1. The van der Waals surface area contributed by atoms with Crippen molar-refractivity contribution in [1.82, 2.24) is 4.90 Å². The van der Waals surface area contributed by atoms with Gasteiger partial charge in [0, 0.05) is 9.52 Å². The number of hydrogen-bond donors (Lipinski definition) is 0. The van der Waals surface area contributed by atoms with Crippen LogP contribution in [0.1, 0.15) is 25.7 Å². The van der Waals surface area contributed by atoms with Gasteiger partial charge >= 0.3 is 0 Å². The Labute approximate surface area is 73.0 Å². The van der Waals surface area contributed by atoms with Crippen molar-refractivity contribution in [2.45, 2.75) is 38.3 Å². The predicted octanol–water partition coefficient (Wildman–Crippen LogP) is 1.50. The van der Waals surface area contributed by atoms with Crippen molar-refractivity contribution in [1.29, 1.82) is 0 Å². The highest BCUT2D eigenvalue weighted by molar-refractivity contribution is 6.33. The molecule has 0 radical (unpaired) electrons. The summed E-state index contributed by atoms with van der Waals surface area (Å²) in [6, 6.07) is 1.55. The van der Waals surface area contributed by atoms with Gasteiger partial charge in [0.05, 0.1) is 0 Å². The Morgan fingerprint density at radius 2 is 1.91 bits per heavy atom. The molecule has 0 bridgehead atoms. The molecule has 1 aliphatic heterocycles. The average molecular weight is 171 g/mol. The minimum atomic E-state index is 0.341. The van der Waals surface area contributed by atoms with Crippen molar-refractivity contribution in [3.8, 4) is 0 Å². The van der Waals surface area contributed by atoms with E-state index < -0.39 is 0 Å². The van der Waals surface area contributed by atoms with E-state index in [0.717, 1.165) is 0 Å². The lowest BCUT2D eigenvalue weighted by Gasteiger charge is -2.26. The maximum Gasteiger partial charge on any atom is 0.0167 e. The minimum absolute atomic E-state index is 0.341. The zero-order chi connectivity index (χ0) is 7.94. The highest BCUT2D eigenvalue weighted by atomic mass is 28.2. The molecule has 0 aromatic rings. The van der Waals surface area contributed by atoms with Crippen molar-refractivity contribution < 1.29 is 0 Å². The van der Waals surface area contributed by atoms with Gasteiger partial charge in [0.25, 0.3) is 0 Å². The maximum absolute atomic E-state index is 2.65. The number of rotatable bonds is 4. The van der Waals surface area contributed by atoms with Crippen LogP contribution >= 0.6 is 0 Å². The van der Waals surface area contributed by atoms with E-state index >= 15 is 0 Å². The van der Waals surface area contributed by atoms with Crippen LogP contribution in [0.15, 0.2) is 0 Å². The molecule has 66 valence electrons. The Balaban J connectivity index is 1.96. The molecule has 2 heteroatoms. The molecule has 0 unspecified atom stereocenters. The fraction of sp³-hybridized carbons (Fsp3) is 1.00. The van der Waals surface area contributed by atoms with Crippen LogP contribution in [0.25, 0.3) is 0 Å². The molecule has 0 N–H and O–H groups in total. The first-order chi connectivity index (χ1) is 5.43. The fourth-order valence-electron chi connectivity index (χ4n) is 1.77. The van der Waals surface area contributed by atoms with Gasteiger partial charge in [0.2, 0.25) is 0 Å². The largest absolute Gasteiger partial charge is 0.303 e. The number of likely N-dealkylation sites (tertiary alicyclic amines) is 1. The highest BCUT2D eigenvalue weighted by Crippen LogP contribution is 2.09. The molecule has 1 saturated heterocycles. The van der Waals surface area contributed by atoms with Crippen LogP contribution < -0.4 is 0 Å². The molecular weight excluding hydrogens is 150 g/mol. The van der Waals surface area contributed by atoms with Crippen LogP contribution in [0.3, 0.4) is 0 Å². The summed E-state index contributed by atoms with van der Waals surface area (Å²) in [5, 5.41) is 0. The summed E-state index contributed by atoms with van der Waals surface area (Å²) in [4.78, 5) is 2.65. The summed E-state index contributed by atoms with van der Waals surface area (Å²) in [7, 11) is 0.341. The molecule has 0 amide bonds. The van der Waals surface area contributed by atoms with E-state index in [1.54, 1.807) is 6.04 Å². The molecule has 0 aromatic carbocycles. The first kappa shape index (κ1) is 9.27. The molecule has 1 nitrogen and oxygen atoms in total. The van der Waals surface area contributed by atoms with Gasteiger partial charge in [-0.15, -0.1) is 0 Å². The zero-order valence-corrected chi connectivity index (χ0v) is 9.23. The predicted molar refractivity (Wildman–Crippen MR) is 54.1 cm³/mol. The molecule has 1 aliphatic rings. The van der Waals surface area contributed by atoms with Crippen LogP contribution in [-0.4, -0.2) is 34.1 Å². The maximum atomic E-state index is 2.65. The molecule has 0 aromatic heterocycles. The first-order valence-corrected chi connectivity index (χ1v) is 7.57. The van der Waals surface area contributed by atoms with Crippen LogP contribution in [0.4, 0.5) is 0 Å². The molecule has 1 heterocycles. The Kier molecular flexibility index (Phi) is 4.87. The van der Waals surface area contributed by atoms with E-state index in [1.165, 1.54) is 45.3 Å². The molecule has 1 rings (SSSR count). The van der Waals surface area contributed by atoms with Gasteiger partial charge in [-0.3, -0.25) is 0 Å². The Bertz CT molecular complexity index is 89.6. The smallest absolute Gasteiger partial charge is 0.0167 e. The summed E-state index contributed by atoms with van der Waals surface area (Å²) >= 11 is 0. The number of nitrogens with zero attached hydrogens (tertiary/aromatic N) is 1. The number of piperidine rings is 1. The highest BCUT2D eigenvalue weighted by Gasteiger charge is 2.08. The Morgan fingerprint density at radius 1 is 1.18 bits per heavy atom. The number of hydrogen-bond acceptors (Lipinski definition) is 1. The molecular formula is C9H21NSi. The van der Waals surface area contributed by atoms with E-state index in [0.29, 0.717) is 9.52 Å². The van der Waals surface area contributed by atoms with E-state index in [1.807, 2.05) is 0 Å². The Hall–Kier alpha value is 0.177. The standard InChI is InChI=1S/C9H21NSi/c1-11-9-5-8-10-6-3-2-4-7-10/h2-9,11H2,1H3. The van der Waals surface area contributed by atoms with Gasteiger partial charge in [-0.05, 0) is 38.9 Å². The normalized spacial score (nSPS) is 21.5. The first-order valence-electron chi connectivity index (χ1n) is 5.16. The van der Waals surface area contributed by atoms with Crippen molar-refractivity contribution >= 4 is 9.52 Å². The van der Waals surface area contributed by atoms with Crippen molar-refractivity contribution in [3.05, 3.63) is 0 Å². The third-order valence-corrected chi connectivity index (χ3v) is 3.73. The molecule has 0 saturated carbocycles. The average Bonchev–Trinajstić information content (AvgIpc) is 2.07. The second-order valence-corrected chi connectivity index (χ2v) is 5.32. The van der Waals surface area contributed by atoms with Crippen molar-refractivity contribution in [2.75, 3.05) is 19.6 Å².